The normalized spacial score (nSPS) is 30.5. The van der Waals surface area contributed by atoms with Crippen molar-refractivity contribution in [1.29, 1.82) is 5.26 Å². The first-order valence-electron chi connectivity index (χ1n) is 6.54. The van der Waals surface area contributed by atoms with Crippen LogP contribution in [0.4, 0.5) is 5.69 Å². The lowest BCUT2D eigenvalue weighted by atomic mass is 9.99. The zero-order valence-corrected chi connectivity index (χ0v) is 11.6. The van der Waals surface area contributed by atoms with Crippen molar-refractivity contribution in [2.24, 2.45) is 0 Å². The second kappa shape index (κ2) is 6.86. The van der Waals surface area contributed by atoms with Gasteiger partial charge in [0.05, 0.1) is 11.5 Å². The van der Waals surface area contributed by atoms with Gasteiger partial charge in [-0.1, -0.05) is 0 Å². The maximum absolute atomic E-state index is 10.8. The van der Waals surface area contributed by atoms with Gasteiger partial charge in [0, 0.05) is 12.1 Å². The number of hydrogen-bond donors (Lipinski definition) is 4. The van der Waals surface area contributed by atoms with Crippen molar-refractivity contribution in [2.45, 2.75) is 30.7 Å². The molecule has 1 saturated heterocycles. The summed E-state index contributed by atoms with van der Waals surface area (Å²) in [5, 5.41) is 57.9. The molecule has 10 nitrogen and oxygen atoms in total. The van der Waals surface area contributed by atoms with Crippen LogP contribution in [0.15, 0.2) is 18.2 Å². The second-order valence-corrected chi connectivity index (χ2v) is 4.86. The molecule has 0 aromatic heterocycles. The fourth-order valence-corrected chi connectivity index (χ4v) is 2.14. The molecule has 23 heavy (non-hydrogen) atoms. The highest BCUT2D eigenvalue weighted by atomic mass is 16.7. The molecule has 0 spiro atoms. The van der Waals surface area contributed by atoms with E-state index in [4.69, 9.17) is 19.8 Å². The Kier molecular flexibility index (Phi) is 5.09. The summed E-state index contributed by atoms with van der Waals surface area (Å²) >= 11 is 0. The van der Waals surface area contributed by atoms with Crippen LogP contribution in [0.3, 0.4) is 0 Å². The first-order chi connectivity index (χ1) is 10.9. The predicted molar refractivity (Wildman–Crippen MR) is 72.2 cm³/mol. The summed E-state index contributed by atoms with van der Waals surface area (Å²) < 4.78 is 10.4. The Labute approximate surface area is 129 Å². The minimum absolute atomic E-state index is 0.0171. The van der Waals surface area contributed by atoms with E-state index in [0.29, 0.717) is 0 Å². The third-order valence-corrected chi connectivity index (χ3v) is 3.39. The van der Waals surface area contributed by atoms with Crippen molar-refractivity contribution in [3.63, 3.8) is 0 Å². The molecule has 1 aliphatic rings. The molecule has 1 fully saturated rings. The van der Waals surface area contributed by atoms with Gasteiger partial charge in [0.25, 0.3) is 5.69 Å². The zero-order valence-electron chi connectivity index (χ0n) is 11.6. The van der Waals surface area contributed by atoms with E-state index in [1.54, 1.807) is 6.07 Å². The van der Waals surface area contributed by atoms with Crippen molar-refractivity contribution in [1.82, 2.24) is 0 Å². The lowest BCUT2D eigenvalue weighted by Crippen LogP contribution is -2.60. The lowest BCUT2D eigenvalue weighted by Gasteiger charge is -2.39. The van der Waals surface area contributed by atoms with E-state index in [9.17, 15) is 25.4 Å². The molecular formula is C13H14N2O8. The maximum Gasteiger partial charge on any atom is 0.287 e. The van der Waals surface area contributed by atoms with Crippen molar-refractivity contribution in [3.05, 3.63) is 33.9 Å². The highest BCUT2D eigenvalue weighted by Crippen LogP contribution is 2.27. The van der Waals surface area contributed by atoms with Crippen LogP contribution < -0.4 is 4.74 Å². The Morgan fingerprint density at radius 2 is 2.00 bits per heavy atom. The minimum atomic E-state index is -1.62. The fraction of sp³-hybridized carbons (Fsp3) is 0.462. The summed E-state index contributed by atoms with van der Waals surface area (Å²) in [4.78, 5) is 10.0. The molecule has 0 saturated carbocycles. The van der Waals surface area contributed by atoms with Crippen molar-refractivity contribution < 1.29 is 34.8 Å². The molecule has 1 aromatic carbocycles. The van der Waals surface area contributed by atoms with E-state index in [1.165, 1.54) is 6.07 Å². The van der Waals surface area contributed by atoms with Crippen LogP contribution in [0.1, 0.15) is 5.56 Å². The molecule has 1 aliphatic heterocycles. The topological polar surface area (TPSA) is 166 Å². The first kappa shape index (κ1) is 17.1. The molecule has 10 heteroatoms. The fourth-order valence-electron chi connectivity index (χ4n) is 2.14. The van der Waals surface area contributed by atoms with Gasteiger partial charge < -0.3 is 29.9 Å². The van der Waals surface area contributed by atoms with Crippen molar-refractivity contribution in [3.8, 4) is 11.8 Å². The Hall–Kier alpha value is -2.29. The van der Waals surface area contributed by atoms with E-state index in [1.807, 2.05) is 0 Å². The highest BCUT2D eigenvalue weighted by molar-refractivity contribution is 5.52. The van der Waals surface area contributed by atoms with Crippen LogP contribution in [-0.2, 0) is 4.74 Å². The molecule has 4 N–H and O–H groups in total. The molecule has 0 bridgehead atoms. The molecule has 0 amide bonds. The van der Waals surface area contributed by atoms with Gasteiger partial charge in [-0.05, 0) is 6.07 Å². The van der Waals surface area contributed by atoms with Crippen LogP contribution in [-0.4, -0.2) is 62.7 Å². The van der Waals surface area contributed by atoms with Crippen LogP contribution in [0.2, 0.25) is 0 Å². The van der Waals surface area contributed by atoms with Crippen molar-refractivity contribution >= 4 is 5.69 Å². The van der Waals surface area contributed by atoms with Gasteiger partial charge in [-0.15, -0.1) is 0 Å². The predicted octanol–water partition coefficient (Wildman–Crippen LogP) is -1.35. The summed E-state index contributed by atoms with van der Waals surface area (Å²) in [5.74, 6) is -0.0171. The third-order valence-electron chi connectivity index (χ3n) is 3.39. The average molecular weight is 326 g/mol. The van der Waals surface area contributed by atoms with E-state index in [0.717, 1.165) is 12.1 Å². The number of aliphatic hydroxyl groups is 4. The number of nitro benzene ring substituents is 1. The largest absolute Gasteiger partial charge is 0.462 e. The molecule has 2 unspecified atom stereocenters. The van der Waals surface area contributed by atoms with Gasteiger partial charge in [-0.25, -0.2) is 0 Å². The van der Waals surface area contributed by atoms with E-state index in [-0.39, 0.29) is 11.3 Å². The number of aliphatic hydroxyl groups excluding tert-OH is 4. The summed E-state index contributed by atoms with van der Waals surface area (Å²) in [6, 6.07) is 4.98. The van der Waals surface area contributed by atoms with Gasteiger partial charge in [-0.3, -0.25) is 10.1 Å². The standard InChI is InChI=1S/C13H14N2O8/c14-4-6-3-7(1-2-8(6)15(20)21)22-13-12(19)11(18)10(17)9(5-16)23-13/h1-3,9-13,16-19H,5H2/t9?,10?,11-,12+,13-/m1/s1. The van der Waals surface area contributed by atoms with Gasteiger partial charge in [0.15, 0.2) is 0 Å². The van der Waals surface area contributed by atoms with Gasteiger partial charge in [0.2, 0.25) is 6.29 Å². The number of hydrogen-bond acceptors (Lipinski definition) is 9. The lowest BCUT2D eigenvalue weighted by molar-refractivity contribution is -0.385. The molecule has 1 aromatic rings. The quantitative estimate of drug-likeness (QED) is 0.386. The maximum atomic E-state index is 10.8. The third kappa shape index (κ3) is 3.39. The van der Waals surface area contributed by atoms with Gasteiger partial charge >= 0.3 is 0 Å². The van der Waals surface area contributed by atoms with Gasteiger partial charge in [-0.2, -0.15) is 5.26 Å². The molecule has 1 heterocycles. The second-order valence-electron chi connectivity index (χ2n) is 4.86. The SMILES string of the molecule is N#Cc1cc(O[C@@H]2OC(CO)C(O)[C@@H](O)[C@@H]2O)ccc1[N+](=O)[O-]. The van der Waals surface area contributed by atoms with Crippen LogP contribution in [0.25, 0.3) is 0 Å². The summed E-state index contributed by atoms with van der Waals surface area (Å²) in [5.41, 5.74) is -0.661. The number of ether oxygens (including phenoxy) is 2. The van der Waals surface area contributed by atoms with Crippen molar-refractivity contribution in [2.75, 3.05) is 6.61 Å². The molecular weight excluding hydrogens is 312 g/mol. The van der Waals surface area contributed by atoms with E-state index < -0.39 is 47.9 Å². The van der Waals surface area contributed by atoms with Crippen LogP contribution >= 0.6 is 0 Å². The van der Waals surface area contributed by atoms with Crippen LogP contribution in [0.5, 0.6) is 5.75 Å². The zero-order chi connectivity index (χ0) is 17.1. The first-order valence-corrected chi connectivity index (χ1v) is 6.54. The number of nitriles is 1. The summed E-state index contributed by atoms with van der Waals surface area (Å²) in [7, 11) is 0. The average Bonchev–Trinajstić information content (AvgIpc) is 2.54. The number of benzene rings is 1. The molecule has 0 aliphatic carbocycles. The Bertz CT molecular complexity index is 629. The minimum Gasteiger partial charge on any atom is -0.462 e. The molecule has 5 atom stereocenters. The smallest absolute Gasteiger partial charge is 0.287 e. The number of rotatable bonds is 4. The Balaban J connectivity index is 2.21. The molecule has 2 rings (SSSR count). The van der Waals surface area contributed by atoms with Gasteiger partial charge in [0.1, 0.15) is 41.8 Å². The molecule has 0 radical (unpaired) electrons. The van der Waals surface area contributed by atoms with Crippen LogP contribution in [0, 0.1) is 21.4 Å². The Morgan fingerprint density at radius 1 is 1.30 bits per heavy atom. The van der Waals surface area contributed by atoms with E-state index >= 15 is 0 Å². The van der Waals surface area contributed by atoms with E-state index in [2.05, 4.69) is 0 Å². The Morgan fingerprint density at radius 3 is 2.57 bits per heavy atom. The highest BCUT2D eigenvalue weighted by Gasteiger charge is 2.44. The summed E-state index contributed by atoms with van der Waals surface area (Å²) in [6.07, 6.45) is -7.33. The number of nitrogens with zero attached hydrogens (tertiary/aromatic N) is 2. The monoisotopic (exact) mass is 326 g/mol. The summed E-state index contributed by atoms with van der Waals surface area (Å²) in [6.45, 7) is -0.617. The number of nitro groups is 1. The molecule has 124 valence electrons.